The van der Waals surface area contributed by atoms with Gasteiger partial charge in [-0.2, -0.15) is 0 Å². The maximum atomic E-state index is 12.2. The lowest BCUT2D eigenvalue weighted by atomic mass is 10.0. The van der Waals surface area contributed by atoms with E-state index in [9.17, 15) is 8.42 Å². The third-order valence-corrected chi connectivity index (χ3v) is 8.06. The molecule has 7 heteroatoms. The number of sulfonamides is 1. The van der Waals surface area contributed by atoms with Crippen LogP contribution in [0.5, 0.6) is 0 Å². The number of nitrogens with one attached hydrogen (secondary N) is 1. The number of aromatic nitrogens is 1. The Balaban J connectivity index is 2.11. The quantitative estimate of drug-likeness (QED) is 0.926. The van der Waals surface area contributed by atoms with Crippen LogP contribution in [0.2, 0.25) is 4.47 Å². The fraction of sp³-hybridized carbons (Fsp3) is 0.750. The highest BCUT2D eigenvalue weighted by molar-refractivity contribution is 7.91. The molecule has 0 aromatic carbocycles. The Labute approximate surface area is 123 Å². The Hall–Kier alpha value is -0.170. The third-order valence-electron chi connectivity index (χ3n) is 4.77. The fourth-order valence-electron chi connectivity index (χ4n) is 2.70. The molecule has 1 fully saturated rings. The lowest BCUT2D eigenvalue weighted by Crippen LogP contribution is -2.27. The molecule has 0 radical (unpaired) electrons. The Bertz CT molecular complexity index is 591. The molecule has 19 heavy (non-hydrogen) atoms. The molecular weight excluding hydrogens is 304 g/mol. The van der Waals surface area contributed by atoms with E-state index < -0.39 is 10.0 Å². The molecule has 1 saturated carbocycles. The highest BCUT2D eigenvalue weighted by atomic mass is 35.5. The first kappa shape index (κ1) is 15.2. The molecule has 1 aliphatic carbocycles. The van der Waals surface area contributed by atoms with Gasteiger partial charge < -0.3 is 0 Å². The molecule has 1 aliphatic rings. The van der Waals surface area contributed by atoms with Gasteiger partial charge in [0.25, 0.3) is 10.0 Å². The molecule has 0 bridgehead atoms. The topological polar surface area (TPSA) is 59.1 Å². The zero-order valence-corrected chi connectivity index (χ0v) is 14.1. The number of thiazole rings is 1. The summed E-state index contributed by atoms with van der Waals surface area (Å²) in [7, 11) is -3.50. The van der Waals surface area contributed by atoms with E-state index in [-0.39, 0.29) is 19.5 Å². The molecule has 1 N–H and O–H groups in total. The van der Waals surface area contributed by atoms with Crippen LogP contribution >= 0.6 is 22.9 Å². The summed E-state index contributed by atoms with van der Waals surface area (Å²) in [5.74, 6) is 0.346. The van der Waals surface area contributed by atoms with Gasteiger partial charge in [0.1, 0.15) is 0 Å². The van der Waals surface area contributed by atoms with Crippen molar-refractivity contribution in [1.82, 2.24) is 9.71 Å². The van der Waals surface area contributed by atoms with Crippen molar-refractivity contribution in [2.45, 2.75) is 38.8 Å². The van der Waals surface area contributed by atoms with E-state index in [1.54, 1.807) is 6.92 Å². The number of rotatable bonds is 4. The first-order chi connectivity index (χ1) is 8.50. The van der Waals surface area contributed by atoms with Crippen LogP contribution in [-0.2, 0) is 10.0 Å². The second kappa shape index (κ2) is 4.41. The molecule has 0 aliphatic heterocycles. The molecule has 0 amide bonds. The van der Waals surface area contributed by atoms with E-state index >= 15 is 0 Å². The SMILES string of the molecule is Cc1nc(Cl)sc1S(=O)(=O)NCC1C(C)(C)C1(C)C. The van der Waals surface area contributed by atoms with Crippen molar-refractivity contribution in [1.29, 1.82) is 0 Å². The molecule has 1 heterocycles. The van der Waals surface area contributed by atoms with Crippen LogP contribution in [0.4, 0.5) is 0 Å². The summed E-state index contributed by atoms with van der Waals surface area (Å²) in [6, 6.07) is 0. The molecule has 1 aromatic heterocycles. The van der Waals surface area contributed by atoms with Crippen LogP contribution in [0.25, 0.3) is 0 Å². The minimum Gasteiger partial charge on any atom is -0.229 e. The summed E-state index contributed by atoms with van der Waals surface area (Å²) in [4.78, 5) is 3.94. The van der Waals surface area contributed by atoms with Gasteiger partial charge in [-0.15, -0.1) is 0 Å². The Morgan fingerprint density at radius 3 is 2.21 bits per heavy atom. The Morgan fingerprint density at radius 2 is 1.84 bits per heavy atom. The van der Waals surface area contributed by atoms with Gasteiger partial charge in [0.05, 0.1) is 5.69 Å². The van der Waals surface area contributed by atoms with Crippen LogP contribution in [0.3, 0.4) is 0 Å². The monoisotopic (exact) mass is 322 g/mol. The molecule has 0 atom stereocenters. The predicted octanol–water partition coefficient (Wildman–Crippen LogP) is 3.07. The average molecular weight is 323 g/mol. The van der Waals surface area contributed by atoms with Gasteiger partial charge in [0.15, 0.2) is 8.68 Å². The summed E-state index contributed by atoms with van der Waals surface area (Å²) in [6.07, 6.45) is 0. The van der Waals surface area contributed by atoms with Gasteiger partial charge in [-0.1, -0.05) is 50.6 Å². The van der Waals surface area contributed by atoms with Crippen LogP contribution in [0.1, 0.15) is 33.4 Å². The van der Waals surface area contributed by atoms with Crippen molar-refractivity contribution in [3.8, 4) is 0 Å². The molecule has 4 nitrogen and oxygen atoms in total. The number of nitrogens with zero attached hydrogens (tertiary/aromatic N) is 1. The smallest absolute Gasteiger partial charge is 0.229 e. The highest BCUT2D eigenvalue weighted by Crippen LogP contribution is 2.68. The van der Waals surface area contributed by atoms with Crippen molar-refractivity contribution in [3.63, 3.8) is 0 Å². The normalized spacial score (nSPS) is 21.6. The van der Waals surface area contributed by atoms with Gasteiger partial charge in [0.2, 0.25) is 0 Å². The summed E-state index contributed by atoms with van der Waals surface area (Å²) in [6.45, 7) is 10.8. The van der Waals surface area contributed by atoms with E-state index in [0.29, 0.717) is 18.2 Å². The van der Waals surface area contributed by atoms with E-state index in [1.165, 1.54) is 0 Å². The Kier molecular flexibility index (Phi) is 3.54. The van der Waals surface area contributed by atoms with E-state index in [1.807, 2.05) is 0 Å². The summed E-state index contributed by atoms with van der Waals surface area (Å²) >= 11 is 6.75. The van der Waals surface area contributed by atoms with Crippen LogP contribution in [0, 0.1) is 23.7 Å². The van der Waals surface area contributed by atoms with E-state index in [4.69, 9.17) is 11.6 Å². The average Bonchev–Trinajstić information content (AvgIpc) is 2.54. The first-order valence-electron chi connectivity index (χ1n) is 6.13. The third kappa shape index (κ3) is 2.44. The zero-order chi connectivity index (χ0) is 14.6. The van der Waals surface area contributed by atoms with Crippen molar-refractivity contribution in [2.75, 3.05) is 6.54 Å². The molecular formula is C12H19ClN2O2S2. The fourth-order valence-corrected chi connectivity index (χ4v) is 5.53. The van der Waals surface area contributed by atoms with Crippen molar-refractivity contribution in [2.24, 2.45) is 16.7 Å². The van der Waals surface area contributed by atoms with Crippen molar-refractivity contribution < 1.29 is 8.42 Å². The van der Waals surface area contributed by atoms with Crippen LogP contribution in [0.15, 0.2) is 4.21 Å². The first-order valence-corrected chi connectivity index (χ1v) is 8.80. The van der Waals surface area contributed by atoms with Crippen LogP contribution < -0.4 is 4.72 Å². The second-order valence-corrected chi connectivity index (χ2v) is 9.73. The number of halogens is 1. The van der Waals surface area contributed by atoms with Gasteiger partial charge in [0, 0.05) is 6.54 Å². The maximum absolute atomic E-state index is 12.2. The summed E-state index contributed by atoms with van der Waals surface area (Å²) in [5.41, 5.74) is 0.781. The molecule has 0 spiro atoms. The number of aryl methyl sites for hydroxylation is 1. The molecule has 1 aromatic rings. The Morgan fingerprint density at radius 1 is 1.32 bits per heavy atom. The lowest BCUT2D eigenvalue weighted by Gasteiger charge is -2.06. The minimum absolute atomic E-state index is 0.163. The molecule has 2 rings (SSSR count). The summed E-state index contributed by atoms with van der Waals surface area (Å²) < 4.78 is 27.6. The van der Waals surface area contributed by atoms with Gasteiger partial charge >= 0.3 is 0 Å². The molecule has 0 unspecified atom stereocenters. The lowest BCUT2D eigenvalue weighted by molar-refractivity contribution is 0.457. The maximum Gasteiger partial charge on any atom is 0.251 e. The van der Waals surface area contributed by atoms with E-state index in [0.717, 1.165) is 11.3 Å². The minimum atomic E-state index is -3.50. The van der Waals surface area contributed by atoms with E-state index in [2.05, 4.69) is 37.4 Å². The van der Waals surface area contributed by atoms with Gasteiger partial charge in [-0.25, -0.2) is 18.1 Å². The van der Waals surface area contributed by atoms with Gasteiger partial charge in [-0.3, -0.25) is 0 Å². The highest BCUT2D eigenvalue weighted by Gasteiger charge is 2.64. The molecule has 0 saturated heterocycles. The molecule has 108 valence electrons. The summed E-state index contributed by atoms with van der Waals surface area (Å²) in [5, 5.41) is 0. The standard InChI is InChI=1S/C12H19ClN2O2S2/c1-7-9(18-10(13)15-7)19(16,17)14-6-8-11(2,3)12(8,4)5/h8,14H,6H2,1-5H3. The van der Waals surface area contributed by atoms with Crippen LogP contribution in [-0.4, -0.2) is 19.9 Å². The van der Waals surface area contributed by atoms with Gasteiger partial charge in [-0.05, 0) is 23.7 Å². The van der Waals surface area contributed by atoms with Crippen molar-refractivity contribution >= 4 is 33.0 Å². The predicted molar refractivity (Wildman–Crippen MR) is 78.1 cm³/mol. The number of hydrogen-bond donors (Lipinski definition) is 1. The van der Waals surface area contributed by atoms with Crippen molar-refractivity contribution in [3.05, 3.63) is 10.2 Å². The largest absolute Gasteiger partial charge is 0.251 e. The zero-order valence-electron chi connectivity index (χ0n) is 11.7. The second-order valence-electron chi connectivity index (χ2n) is 6.19. The number of hydrogen-bond acceptors (Lipinski definition) is 4.